The van der Waals surface area contributed by atoms with Crippen molar-refractivity contribution in [3.05, 3.63) is 45.7 Å². The first-order chi connectivity index (χ1) is 9.69. The van der Waals surface area contributed by atoms with Gasteiger partial charge in [0.2, 0.25) is 0 Å². The molecule has 0 bridgehead atoms. The Labute approximate surface area is 122 Å². The van der Waals surface area contributed by atoms with Crippen LogP contribution in [-0.4, -0.2) is 18.1 Å². The Hall–Kier alpha value is -1.46. The molecule has 0 amide bonds. The molecule has 20 heavy (non-hydrogen) atoms. The Morgan fingerprint density at radius 2 is 2.20 bits per heavy atom. The van der Waals surface area contributed by atoms with Crippen molar-refractivity contribution in [1.29, 1.82) is 0 Å². The van der Waals surface area contributed by atoms with Crippen LogP contribution in [0.1, 0.15) is 23.1 Å². The molecule has 0 saturated heterocycles. The molecule has 1 heterocycles. The number of nitrogens with one attached hydrogen (secondary N) is 1. The highest BCUT2D eigenvalue weighted by Crippen LogP contribution is 2.18. The third kappa shape index (κ3) is 4.28. The molecule has 0 aliphatic heterocycles. The van der Waals surface area contributed by atoms with Crippen LogP contribution in [0.3, 0.4) is 0 Å². The highest BCUT2D eigenvalue weighted by atomic mass is 32.1. The minimum atomic E-state index is -0.260. The van der Waals surface area contributed by atoms with Crippen molar-refractivity contribution >= 4 is 11.3 Å². The summed E-state index contributed by atoms with van der Waals surface area (Å²) in [6.45, 7) is 6.06. The summed E-state index contributed by atoms with van der Waals surface area (Å²) >= 11 is 1.63. The van der Waals surface area contributed by atoms with Crippen molar-refractivity contribution < 1.29 is 9.13 Å². The van der Waals surface area contributed by atoms with Crippen molar-refractivity contribution in [3.63, 3.8) is 0 Å². The summed E-state index contributed by atoms with van der Waals surface area (Å²) in [4.78, 5) is 5.42. The third-order valence-electron chi connectivity index (χ3n) is 2.95. The number of aromatic nitrogens is 1. The number of ether oxygens (including phenoxy) is 1. The highest BCUT2D eigenvalue weighted by Gasteiger charge is 2.04. The number of hydrogen-bond donors (Lipinski definition) is 1. The van der Waals surface area contributed by atoms with E-state index in [1.165, 1.54) is 17.0 Å². The van der Waals surface area contributed by atoms with Crippen LogP contribution in [-0.2, 0) is 13.0 Å². The number of halogens is 1. The average molecular weight is 294 g/mol. The number of rotatable bonds is 7. The first kappa shape index (κ1) is 14.9. The summed E-state index contributed by atoms with van der Waals surface area (Å²) in [5.41, 5.74) is 3.78. The molecular weight excluding hydrogens is 275 g/mol. The van der Waals surface area contributed by atoms with Gasteiger partial charge in [0.1, 0.15) is 11.6 Å². The van der Waals surface area contributed by atoms with E-state index in [2.05, 4.69) is 10.3 Å². The molecular formula is C15H19FN2OS. The van der Waals surface area contributed by atoms with Crippen molar-refractivity contribution in [2.45, 2.75) is 26.8 Å². The fraction of sp³-hybridized carbons (Fsp3) is 0.400. The van der Waals surface area contributed by atoms with Gasteiger partial charge in [0.05, 0.1) is 17.8 Å². The highest BCUT2D eigenvalue weighted by molar-refractivity contribution is 7.09. The summed E-state index contributed by atoms with van der Waals surface area (Å²) in [7, 11) is 0. The van der Waals surface area contributed by atoms with E-state index in [0.717, 1.165) is 24.2 Å². The van der Waals surface area contributed by atoms with E-state index in [0.29, 0.717) is 18.9 Å². The monoisotopic (exact) mass is 294 g/mol. The van der Waals surface area contributed by atoms with E-state index >= 15 is 0 Å². The summed E-state index contributed by atoms with van der Waals surface area (Å²) < 4.78 is 19.2. The Morgan fingerprint density at radius 3 is 2.90 bits per heavy atom. The van der Waals surface area contributed by atoms with E-state index < -0.39 is 0 Å². The lowest BCUT2D eigenvalue weighted by molar-refractivity contribution is 0.320. The van der Waals surface area contributed by atoms with Crippen LogP contribution < -0.4 is 10.1 Å². The molecule has 2 rings (SSSR count). The van der Waals surface area contributed by atoms with Gasteiger partial charge < -0.3 is 10.1 Å². The molecule has 0 radical (unpaired) electrons. The average Bonchev–Trinajstić information content (AvgIpc) is 2.82. The largest absolute Gasteiger partial charge is 0.493 e. The van der Waals surface area contributed by atoms with Crippen LogP contribution in [0.5, 0.6) is 5.75 Å². The second kappa shape index (κ2) is 7.36. The van der Waals surface area contributed by atoms with E-state index in [9.17, 15) is 4.39 Å². The number of thiazole rings is 1. The zero-order valence-corrected chi connectivity index (χ0v) is 12.6. The molecule has 0 aliphatic rings. The first-order valence-corrected chi connectivity index (χ1v) is 7.59. The smallest absolute Gasteiger partial charge is 0.127 e. The number of nitrogens with zero attached hydrogens (tertiary/aromatic N) is 1. The summed E-state index contributed by atoms with van der Waals surface area (Å²) in [6.07, 6.45) is 0.801. The van der Waals surface area contributed by atoms with Crippen LogP contribution in [0.15, 0.2) is 23.7 Å². The molecule has 0 saturated carbocycles. The van der Waals surface area contributed by atoms with E-state index in [4.69, 9.17) is 4.74 Å². The van der Waals surface area contributed by atoms with Gasteiger partial charge in [0.25, 0.3) is 0 Å². The molecule has 1 N–H and O–H groups in total. The second-order valence-corrected chi connectivity index (χ2v) is 5.47. The normalized spacial score (nSPS) is 10.8. The quantitative estimate of drug-likeness (QED) is 0.850. The van der Waals surface area contributed by atoms with Gasteiger partial charge >= 0.3 is 0 Å². The lowest BCUT2D eigenvalue weighted by atomic mass is 10.2. The van der Waals surface area contributed by atoms with E-state index in [-0.39, 0.29) is 5.82 Å². The predicted octanol–water partition coefficient (Wildman–Crippen LogP) is 3.32. The van der Waals surface area contributed by atoms with Gasteiger partial charge in [-0.3, -0.25) is 0 Å². The molecule has 0 atom stereocenters. The fourth-order valence-corrected chi connectivity index (χ4v) is 2.67. The molecule has 5 heteroatoms. The molecule has 0 aliphatic carbocycles. The van der Waals surface area contributed by atoms with Gasteiger partial charge in [0.15, 0.2) is 0 Å². The Kier molecular flexibility index (Phi) is 5.49. The van der Waals surface area contributed by atoms with Gasteiger partial charge in [-0.1, -0.05) is 6.92 Å². The molecule has 108 valence electrons. The molecule has 3 nitrogen and oxygen atoms in total. The predicted molar refractivity (Wildman–Crippen MR) is 79.8 cm³/mol. The Bertz CT molecular complexity index is 557. The van der Waals surface area contributed by atoms with Crippen molar-refractivity contribution in [2.75, 3.05) is 13.2 Å². The van der Waals surface area contributed by atoms with Crippen LogP contribution >= 0.6 is 11.3 Å². The van der Waals surface area contributed by atoms with Crippen molar-refractivity contribution in [1.82, 2.24) is 10.3 Å². The van der Waals surface area contributed by atoms with Crippen molar-refractivity contribution in [3.8, 4) is 5.75 Å². The van der Waals surface area contributed by atoms with Crippen LogP contribution in [0.25, 0.3) is 0 Å². The molecule has 1 aromatic heterocycles. The van der Waals surface area contributed by atoms with Gasteiger partial charge in [0, 0.05) is 23.9 Å². The summed E-state index contributed by atoms with van der Waals surface area (Å²) in [5.74, 6) is 0.324. The SMILES string of the molecule is CCNCc1cc(F)cc(OCCc2scnc2C)c1. The lowest BCUT2D eigenvalue weighted by Crippen LogP contribution is -2.12. The standard InChI is InChI=1S/C15H19FN2OS/c1-3-17-9-12-6-13(16)8-14(7-12)19-5-4-15-11(2)18-10-20-15/h6-8,10,17H,3-5,9H2,1-2H3. The van der Waals surface area contributed by atoms with Gasteiger partial charge in [-0.05, 0) is 31.2 Å². The Morgan fingerprint density at radius 1 is 1.35 bits per heavy atom. The first-order valence-electron chi connectivity index (χ1n) is 6.71. The zero-order valence-electron chi connectivity index (χ0n) is 11.8. The summed E-state index contributed by atoms with van der Waals surface area (Å²) in [5, 5.41) is 3.18. The van der Waals surface area contributed by atoms with Crippen LogP contribution in [0, 0.1) is 12.7 Å². The zero-order chi connectivity index (χ0) is 14.4. The van der Waals surface area contributed by atoms with Gasteiger partial charge in [-0.15, -0.1) is 11.3 Å². The molecule has 0 spiro atoms. The molecule has 2 aromatic rings. The van der Waals surface area contributed by atoms with E-state index in [1.807, 2.05) is 25.4 Å². The molecule has 0 unspecified atom stereocenters. The maximum atomic E-state index is 13.5. The third-order valence-corrected chi connectivity index (χ3v) is 3.95. The topological polar surface area (TPSA) is 34.1 Å². The van der Waals surface area contributed by atoms with E-state index in [1.54, 1.807) is 11.3 Å². The second-order valence-electron chi connectivity index (χ2n) is 4.53. The van der Waals surface area contributed by atoms with Gasteiger partial charge in [-0.2, -0.15) is 0 Å². The lowest BCUT2D eigenvalue weighted by Gasteiger charge is -2.09. The number of benzene rings is 1. The molecule has 1 aromatic carbocycles. The van der Waals surface area contributed by atoms with Crippen LogP contribution in [0.4, 0.5) is 4.39 Å². The van der Waals surface area contributed by atoms with Gasteiger partial charge in [-0.25, -0.2) is 9.37 Å². The maximum absolute atomic E-state index is 13.5. The molecule has 0 fully saturated rings. The minimum absolute atomic E-state index is 0.260. The fourth-order valence-electron chi connectivity index (χ4n) is 1.90. The maximum Gasteiger partial charge on any atom is 0.127 e. The minimum Gasteiger partial charge on any atom is -0.493 e. The number of hydrogen-bond acceptors (Lipinski definition) is 4. The van der Waals surface area contributed by atoms with Crippen molar-refractivity contribution in [2.24, 2.45) is 0 Å². The summed E-state index contributed by atoms with van der Waals surface area (Å²) in [6, 6.07) is 4.84. The Balaban J connectivity index is 1.91. The van der Waals surface area contributed by atoms with Crippen LogP contribution in [0.2, 0.25) is 0 Å². The number of aryl methyl sites for hydroxylation is 1.